The van der Waals surface area contributed by atoms with Gasteiger partial charge in [0, 0.05) is 30.6 Å². The molecule has 0 fully saturated rings. The first-order chi connectivity index (χ1) is 10.3. The number of rotatable bonds is 2. The number of hydrogen-bond acceptors (Lipinski definition) is 1. The molecule has 3 aromatic rings. The first-order valence-corrected chi connectivity index (χ1v) is 7.72. The molecular weight excluding hydrogens is 280 g/mol. The van der Waals surface area contributed by atoms with E-state index >= 15 is 0 Å². The van der Waals surface area contributed by atoms with Crippen LogP contribution in [0.25, 0.3) is 10.9 Å². The summed E-state index contributed by atoms with van der Waals surface area (Å²) in [7, 11) is 0. The lowest BCUT2D eigenvalue weighted by Crippen LogP contribution is -2.33. The molecule has 0 bridgehead atoms. The Morgan fingerprint density at radius 1 is 0.952 bits per heavy atom. The van der Waals surface area contributed by atoms with Crippen LogP contribution in [0, 0.1) is 0 Å². The summed E-state index contributed by atoms with van der Waals surface area (Å²) in [6.07, 6.45) is 1.01. The topological polar surface area (TPSA) is 8.17 Å². The highest BCUT2D eigenvalue weighted by Gasteiger charge is 2.22. The van der Waals surface area contributed by atoms with Gasteiger partial charge in [0.1, 0.15) is 0 Å². The van der Waals surface area contributed by atoms with Gasteiger partial charge in [0.05, 0.1) is 17.2 Å². The highest BCUT2D eigenvalue weighted by atomic mass is 35.5. The van der Waals surface area contributed by atoms with Gasteiger partial charge in [-0.25, -0.2) is 0 Å². The monoisotopic (exact) mass is 296 g/mol. The molecule has 1 aliphatic heterocycles. The molecule has 4 rings (SSSR count). The summed E-state index contributed by atoms with van der Waals surface area (Å²) in [5.74, 6) is 0. The van der Waals surface area contributed by atoms with Gasteiger partial charge in [0.15, 0.2) is 0 Å². The average Bonchev–Trinajstić information content (AvgIpc) is 2.82. The predicted octanol–water partition coefficient (Wildman–Crippen LogP) is 4.31. The van der Waals surface area contributed by atoms with Gasteiger partial charge in [-0.1, -0.05) is 60.1 Å². The van der Waals surface area contributed by atoms with Crippen LogP contribution >= 0.6 is 11.6 Å². The number of benzene rings is 2. The van der Waals surface area contributed by atoms with E-state index in [9.17, 15) is 0 Å². The largest absolute Gasteiger partial charge is 0.330 e. The maximum Gasteiger partial charge on any atom is 0.0757 e. The van der Waals surface area contributed by atoms with Crippen molar-refractivity contribution in [1.29, 1.82) is 0 Å². The molecule has 0 spiro atoms. The number of para-hydroxylation sites is 1. The van der Waals surface area contributed by atoms with Crippen molar-refractivity contribution in [3.63, 3.8) is 0 Å². The molecule has 21 heavy (non-hydrogen) atoms. The molecule has 0 aliphatic carbocycles. The summed E-state index contributed by atoms with van der Waals surface area (Å²) in [5, 5.41) is 2.11. The minimum absolute atomic E-state index is 0.914. The number of hydrogen-bond donors (Lipinski definition) is 0. The smallest absolute Gasteiger partial charge is 0.0757 e. The molecule has 2 aromatic carbocycles. The van der Waals surface area contributed by atoms with Crippen molar-refractivity contribution in [2.24, 2.45) is 0 Å². The molecule has 0 saturated heterocycles. The number of fused-ring (bicyclic) bond motifs is 3. The summed E-state index contributed by atoms with van der Waals surface area (Å²) in [5.41, 5.74) is 3.89. The van der Waals surface area contributed by atoms with E-state index in [1.54, 1.807) is 0 Å². The van der Waals surface area contributed by atoms with Gasteiger partial charge in [-0.3, -0.25) is 4.90 Å². The van der Waals surface area contributed by atoms with E-state index in [1.165, 1.54) is 22.2 Å². The van der Waals surface area contributed by atoms with Gasteiger partial charge in [0.25, 0.3) is 0 Å². The van der Waals surface area contributed by atoms with Crippen LogP contribution in [-0.2, 0) is 19.6 Å². The Labute approximate surface area is 129 Å². The van der Waals surface area contributed by atoms with Crippen LogP contribution < -0.4 is 0 Å². The Morgan fingerprint density at radius 2 is 1.71 bits per heavy atom. The fraction of sp³-hybridized carbons (Fsp3) is 0.222. The zero-order chi connectivity index (χ0) is 14.2. The standard InChI is InChI=1S/C18H17ClN2/c19-18-15-8-4-5-9-16(15)21-13-20(11-10-17(18)21)12-14-6-2-1-3-7-14/h1-9H,10-13H2. The van der Waals surface area contributed by atoms with Crippen molar-refractivity contribution in [2.45, 2.75) is 19.6 Å². The SMILES string of the molecule is Clc1c2n(c3ccccc13)CN(Cc1ccccc1)CC2. The van der Waals surface area contributed by atoms with Crippen molar-refractivity contribution in [3.05, 3.63) is 70.9 Å². The average molecular weight is 297 g/mol. The van der Waals surface area contributed by atoms with Crippen LogP contribution in [0.2, 0.25) is 5.02 Å². The van der Waals surface area contributed by atoms with Crippen molar-refractivity contribution in [3.8, 4) is 0 Å². The maximum atomic E-state index is 6.54. The van der Waals surface area contributed by atoms with Gasteiger partial charge in [0.2, 0.25) is 0 Å². The second kappa shape index (κ2) is 5.21. The summed E-state index contributed by atoms with van der Waals surface area (Å²) < 4.78 is 2.37. The van der Waals surface area contributed by atoms with Crippen molar-refractivity contribution < 1.29 is 0 Å². The third-order valence-electron chi connectivity index (χ3n) is 4.27. The molecule has 1 aromatic heterocycles. The first-order valence-electron chi connectivity index (χ1n) is 7.35. The Balaban J connectivity index is 1.67. The number of nitrogens with zero attached hydrogens (tertiary/aromatic N) is 2. The molecule has 3 heteroatoms. The summed E-state index contributed by atoms with van der Waals surface area (Å²) >= 11 is 6.54. The van der Waals surface area contributed by atoms with Crippen LogP contribution in [0.4, 0.5) is 0 Å². The lowest BCUT2D eigenvalue weighted by Gasteiger charge is -2.29. The zero-order valence-electron chi connectivity index (χ0n) is 11.8. The highest BCUT2D eigenvalue weighted by Crippen LogP contribution is 2.33. The second-order valence-corrected chi connectivity index (χ2v) is 6.01. The van der Waals surface area contributed by atoms with Gasteiger partial charge >= 0.3 is 0 Å². The lowest BCUT2D eigenvalue weighted by atomic mass is 10.2. The Morgan fingerprint density at radius 3 is 2.57 bits per heavy atom. The molecule has 0 amide bonds. The zero-order valence-corrected chi connectivity index (χ0v) is 12.6. The van der Waals surface area contributed by atoms with E-state index in [0.717, 1.165) is 31.2 Å². The highest BCUT2D eigenvalue weighted by molar-refractivity contribution is 6.36. The molecule has 2 nitrogen and oxygen atoms in total. The van der Waals surface area contributed by atoms with Crippen LogP contribution in [0.1, 0.15) is 11.3 Å². The van der Waals surface area contributed by atoms with Gasteiger partial charge in [-0.15, -0.1) is 0 Å². The molecule has 0 unspecified atom stereocenters. The fourth-order valence-electron chi connectivity index (χ4n) is 3.23. The second-order valence-electron chi connectivity index (χ2n) is 5.64. The van der Waals surface area contributed by atoms with E-state index in [2.05, 4.69) is 64.1 Å². The number of aromatic nitrogens is 1. The van der Waals surface area contributed by atoms with Crippen molar-refractivity contribution >= 4 is 22.5 Å². The van der Waals surface area contributed by atoms with E-state index in [0.29, 0.717) is 0 Å². The minimum Gasteiger partial charge on any atom is -0.330 e. The van der Waals surface area contributed by atoms with E-state index in [4.69, 9.17) is 11.6 Å². The molecule has 0 N–H and O–H groups in total. The molecule has 0 atom stereocenters. The van der Waals surface area contributed by atoms with E-state index in [1.807, 2.05) is 0 Å². The summed E-state index contributed by atoms with van der Waals surface area (Å²) in [6, 6.07) is 19.1. The van der Waals surface area contributed by atoms with Crippen molar-refractivity contribution in [1.82, 2.24) is 9.47 Å². The van der Waals surface area contributed by atoms with E-state index in [-0.39, 0.29) is 0 Å². The molecule has 2 heterocycles. The molecule has 0 radical (unpaired) electrons. The molecule has 0 saturated carbocycles. The van der Waals surface area contributed by atoms with Crippen molar-refractivity contribution in [2.75, 3.05) is 6.54 Å². The van der Waals surface area contributed by atoms with Crippen LogP contribution in [0.3, 0.4) is 0 Å². The normalized spacial score (nSPS) is 15.3. The lowest BCUT2D eigenvalue weighted by molar-refractivity contribution is 0.190. The fourth-order valence-corrected chi connectivity index (χ4v) is 3.58. The predicted molar refractivity (Wildman–Crippen MR) is 87.5 cm³/mol. The molecular formula is C18H17ClN2. The van der Waals surface area contributed by atoms with Gasteiger partial charge in [-0.05, 0) is 11.6 Å². The Kier molecular flexibility index (Phi) is 3.21. The van der Waals surface area contributed by atoms with Gasteiger partial charge in [-0.2, -0.15) is 0 Å². The quantitative estimate of drug-likeness (QED) is 0.684. The maximum absolute atomic E-state index is 6.54. The number of halogens is 1. The first kappa shape index (κ1) is 12.9. The molecule has 1 aliphatic rings. The minimum atomic E-state index is 0.914. The van der Waals surface area contributed by atoms with Crippen LogP contribution in [0.15, 0.2) is 54.6 Å². The summed E-state index contributed by atoms with van der Waals surface area (Å²) in [6.45, 7) is 2.97. The summed E-state index contributed by atoms with van der Waals surface area (Å²) in [4.78, 5) is 2.48. The Bertz CT molecular complexity index is 777. The van der Waals surface area contributed by atoms with Gasteiger partial charge < -0.3 is 4.57 Å². The Hall–Kier alpha value is -1.77. The van der Waals surface area contributed by atoms with Crippen LogP contribution in [-0.4, -0.2) is 16.0 Å². The van der Waals surface area contributed by atoms with E-state index < -0.39 is 0 Å². The third-order valence-corrected chi connectivity index (χ3v) is 4.69. The molecule has 106 valence electrons. The van der Waals surface area contributed by atoms with Crippen LogP contribution in [0.5, 0.6) is 0 Å². The third kappa shape index (κ3) is 2.25.